The van der Waals surface area contributed by atoms with E-state index in [0.29, 0.717) is 11.4 Å². The second-order valence-electron chi connectivity index (χ2n) is 5.52. The third-order valence-electron chi connectivity index (χ3n) is 3.44. The molecule has 0 unspecified atom stereocenters. The number of aliphatic imine (C=N–C) groups is 1. The Bertz CT molecular complexity index is 894. The minimum absolute atomic E-state index is 0.168. The number of azo groups is 1. The number of aromatic nitrogens is 2. The topological polar surface area (TPSA) is 101 Å². The largest absolute Gasteiger partial charge is 0.307 e. The van der Waals surface area contributed by atoms with Crippen LogP contribution >= 0.6 is 0 Å². The summed E-state index contributed by atoms with van der Waals surface area (Å²) in [5.74, 6) is -0.0844. The molecule has 2 heterocycles. The standard InChI is InChI=1S/C16H16N6O2/c1-9-6-4-5-7-12(9)19-20-14-15(18-11(3)23)21-22-13(24)8-10(2)17-16(14)22/h4-7H,8H2,1-3H3,(H,18,21,23). The summed E-state index contributed by atoms with van der Waals surface area (Å²) in [6.07, 6.45) is 0.183. The van der Waals surface area contributed by atoms with E-state index in [-0.39, 0.29) is 35.6 Å². The van der Waals surface area contributed by atoms with Crippen molar-refractivity contribution in [3.05, 3.63) is 29.8 Å². The zero-order valence-electron chi connectivity index (χ0n) is 13.6. The van der Waals surface area contributed by atoms with Gasteiger partial charge in [-0.25, -0.2) is 4.99 Å². The Morgan fingerprint density at radius 1 is 1.25 bits per heavy atom. The van der Waals surface area contributed by atoms with Crippen LogP contribution in [0.25, 0.3) is 0 Å². The van der Waals surface area contributed by atoms with Gasteiger partial charge in [0.2, 0.25) is 5.91 Å². The minimum Gasteiger partial charge on any atom is -0.307 e. The van der Waals surface area contributed by atoms with Gasteiger partial charge in [0.1, 0.15) is 0 Å². The fourth-order valence-corrected chi connectivity index (χ4v) is 2.31. The monoisotopic (exact) mass is 324 g/mol. The smallest absolute Gasteiger partial charge is 0.254 e. The Morgan fingerprint density at radius 3 is 2.71 bits per heavy atom. The quantitative estimate of drug-likeness (QED) is 0.871. The molecular formula is C16H16N6O2. The first-order chi connectivity index (χ1) is 11.5. The third kappa shape index (κ3) is 2.98. The molecule has 1 N–H and O–H groups in total. The highest BCUT2D eigenvalue weighted by atomic mass is 16.2. The summed E-state index contributed by atoms with van der Waals surface area (Å²) in [7, 11) is 0. The number of aryl methyl sites for hydroxylation is 1. The molecule has 1 aliphatic heterocycles. The van der Waals surface area contributed by atoms with Gasteiger partial charge in [0.25, 0.3) is 5.91 Å². The Balaban J connectivity index is 2.10. The van der Waals surface area contributed by atoms with Crippen LogP contribution in [0.1, 0.15) is 30.6 Å². The van der Waals surface area contributed by atoms with Gasteiger partial charge in [-0.15, -0.1) is 10.2 Å². The molecule has 1 amide bonds. The Kier molecular flexibility index (Phi) is 4.03. The normalized spacial score (nSPS) is 13.8. The molecular weight excluding hydrogens is 308 g/mol. The van der Waals surface area contributed by atoms with Crippen molar-refractivity contribution in [2.24, 2.45) is 15.2 Å². The Labute approximate surface area is 138 Å². The molecule has 1 aromatic carbocycles. The summed E-state index contributed by atoms with van der Waals surface area (Å²) < 4.78 is 1.16. The number of hydrogen-bond donors (Lipinski definition) is 1. The van der Waals surface area contributed by atoms with Gasteiger partial charge in [-0.2, -0.15) is 9.80 Å². The van der Waals surface area contributed by atoms with Crippen molar-refractivity contribution in [2.75, 3.05) is 5.32 Å². The van der Waals surface area contributed by atoms with Crippen molar-refractivity contribution in [1.82, 2.24) is 9.78 Å². The van der Waals surface area contributed by atoms with E-state index in [2.05, 4.69) is 25.6 Å². The highest BCUT2D eigenvalue weighted by molar-refractivity contribution is 6.07. The maximum absolute atomic E-state index is 12.1. The first kappa shape index (κ1) is 15.7. The Morgan fingerprint density at radius 2 is 2.00 bits per heavy atom. The van der Waals surface area contributed by atoms with Crippen LogP contribution in [0.2, 0.25) is 0 Å². The molecule has 24 heavy (non-hydrogen) atoms. The van der Waals surface area contributed by atoms with Crippen molar-refractivity contribution in [3.8, 4) is 0 Å². The van der Waals surface area contributed by atoms with Gasteiger partial charge in [0.05, 0.1) is 12.1 Å². The summed E-state index contributed by atoms with van der Waals surface area (Å²) >= 11 is 0. The fourth-order valence-electron chi connectivity index (χ4n) is 2.31. The molecule has 8 nitrogen and oxygen atoms in total. The molecule has 3 rings (SSSR count). The molecule has 0 fully saturated rings. The zero-order chi connectivity index (χ0) is 17.3. The van der Waals surface area contributed by atoms with E-state index < -0.39 is 0 Å². The molecule has 1 aromatic heterocycles. The van der Waals surface area contributed by atoms with Crippen molar-refractivity contribution in [2.45, 2.75) is 27.2 Å². The lowest BCUT2D eigenvalue weighted by Gasteiger charge is -2.08. The van der Waals surface area contributed by atoms with Crippen LogP contribution in [0.5, 0.6) is 0 Å². The Hall–Kier alpha value is -3.16. The first-order valence-corrected chi connectivity index (χ1v) is 7.41. The average molecular weight is 324 g/mol. The van der Waals surface area contributed by atoms with E-state index in [1.807, 2.05) is 31.2 Å². The summed E-state index contributed by atoms with van der Waals surface area (Å²) in [6, 6.07) is 7.51. The number of nitrogens with zero attached hydrogens (tertiary/aromatic N) is 5. The molecule has 0 saturated carbocycles. The summed E-state index contributed by atoms with van der Waals surface area (Å²) in [4.78, 5) is 27.9. The number of benzene rings is 1. The van der Waals surface area contributed by atoms with E-state index in [1.54, 1.807) is 6.92 Å². The predicted molar refractivity (Wildman–Crippen MR) is 89.9 cm³/mol. The second-order valence-corrected chi connectivity index (χ2v) is 5.52. The van der Waals surface area contributed by atoms with E-state index in [1.165, 1.54) is 6.92 Å². The van der Waals surface area contributed by atoms with E-state index >= 15 is 0 Å². The predicted octanol–water partition coefficient (Wildman–Crippen LogP) is 3.70. The highest BCUT2D eigenvalue weighted by Crippen LogP contribution is 2.39. The van der Waals surface area contributed by atoms with Crippen LogP contribution < -0.4 is 5.32 Å². The molecule has 0 radical (unpaired) electrons. The lowest BCUT2D eigenvalue weighted by atomic mass is 10.2. The number of nitrogens with one attached hydrogen (secondary N) is 1. The van der Waals surface area contributed by atoms with Crippen LogP contribution in [0.15, 0.2) is 39.5 Å². The van der Waals surface area contributed by atoms with E-state index in [0.717, 1.165) is 10.2 Å². The minimum atomic E-state index is -0.314. The molecule has 122 valence electrons. The lowest BCUT2D eigenvalue weighted by Crippen LogP contribution is -2.19. The van der Waals surface area contributed by atoms with Crippen molar-refractivity contribution >= 4 is 40.5 Å². The van der Waals surface area contributed by atoms with Gasteiger partial charge in [-0.1, -0.05) is 18.2 Å². The summed E-state index contributed by atoms with van der Waals surface area (Å²) in [5, 5.41) is 15.1. The number of hydrogen-bond acceptors (Lipinski definition) is 6. The van der Waals surface area contributed by atoms with Gasteiger partial charge < -0.3 is 5.32 Å². The molecule has 2 aromatic rings. The summed E-state index contributed by atoms with van der Waals surface area (Å²) in [5.41, 5.74) is 2.57. The molecule has 8 heteroatoms. The molecule has 0 bridgehead atoms. The van der Waals surface area contributed by atoms with Crippen molar-refractivity contribution < 1.29 is 9.59 Å². The van der Waals surface area contributed by atoms with Gasteiger partial charge in [-0.3, -0.25) is 9.59 Å². The first-order valence-electron chi connectivity index (χ1n) is 7.41. The number of amides is 1. The molecule has 0 atom stereocenters. The fraction of sp³-hybridized carbons (Fsp3) is 0.250. The zero-order valence-corrected chi connectivity index (χ0v) is 13.6. The van der Waals surface area contributed by atoms with Gasteiger partial charge in [-0.05, 0) is 25.5 Å². The second kappa shape index (κ2) is 6.15. The maximum atomic E-state index is 12.1. The number of carbonyl (C=O) groups excluding carboxylic acids is 2. The van der Waals surface area contributed by atoms with E-state index in [9.17, 15) is 9.59 Å². The lowest BCUT2D eigenvalue weighted by molar-refractivity contribution is -0.114. The average Bonchev–Trinajstić information content (AvgIpc) is 2.84. The molecule has 0 spiro atoms. The van der Waals surface area contributed by atoms with Crippen molar-refractivity contribution in [3.63, 3.8) is 0 Å². The molecule has 1 aliphatic rings. The summed E-state index contributed by atoms with van der Waals surface area (Å²) in [6.45, 7) is 5.04. The molecule has 0 saturated heterocycles. The SMILES string of the molecule is CC(=O)Nc1nn2c(c1N=Nc1ccccc1C)N=C(C)CC2=O. The highest BCUT2D eigenvalue weighted by Gasteiger charge is 2.26. The van der Waals surface area contributed by atoms with Gasteiger partial charge in [0.15, 0.2) is 17.3 Å². The third-order valence-corrected chi connectivity index (χ3v) is 3.44. The maximum Gasteiger partial charge on any atom is 0.254 e. The number of fused-ring (bicyclic) bond motifs is 1. The van der Waals surface area contributed by atoms with Gasteiger partial charge >= 0.3 is 0 Å². The van der Waals surface area contributed by atoms with Gasteiger partial charge in [0, 0.05) is 12.6 Å². The van der Waals surface area contributed by atoms with Crippen LogP contribution in [-0.2, 0) is 4.79 Å². The van der Waals surface area contributed by atoms with Crippen LogP contribution in [-0.4, -0.2) is 27.3 Å². The number of rotatable bonds is 3. The molecule has 0 aliphatic carbocycles. The number of carbonyl (C=O) groups is 2. The van der Waals surface area contributed by atoms with Crippen molar-refractivity contribution in [1.29, 1.82) is 0 Å². The number of anilines is 1. The van der Waals surface area contributed by atoms with Crippen LogP contribution in [0.4, 0.5) is 23.0 Å². The van der Waals surface area contributed by atoms with Crippen LogP contribution in [0.3, 0.4) is 0 Å². The van der Waals surface area contributed by atoms with E-state index in [4.69, 9.17) is 0 Å². The van der Waals surface area contributed by atoms with Crippen LogP contribution in [0, 0.1) is 6.92 Å².